The lowest BCUT2D eigenvalue weighted by atomic mass is 9.92. The summed E-state index contributed by atoms with van der Waals surface area (Å²) in [7, 11) is 0. The van der Waals surface area contributed by atoms with Crippen molar-refractivity contribution in [3.05, 3.63) is 180 Å². The summed E-state index contributed by atoms with van der Waals surface area (Å²) in [6, 6.07) is 53.2. The first-order valence-electron chi connectivity index (χ1n) is 16.2. The van der Waals surface area contributed by atoms with E-state index in [2.05, 4.69) is 110 Å². The predicted molar refractivity (Wildman–Crippen MR) is 203 cm³/mol. The highest BCUT2D eigenvalue weighted by Crippen LogP contribution is 2.43. The van der Waals surface area contributed by atoms with E-state index in [1.54, 1.807) is 0 Å². The maximum absolute atomic E-state index is 9.66. The van der Waals surface area contributed by atoms with E-state index < -0.39 is 0 Å². The third-order valence-electron chi connectivity index (χ3n) is 9.55. The van der Waals surface area contributed by atoms with E-state index in [0.29, 0.717) is 16.9 Å². The highest BCUT2D eigenvalue weighted by atomic mass is 15.0. The van der Waals surface area contributed by atoms with E-state index in [9.17, 15) is 5.26 Å². The van der Waals surface area contributed by atoms with E-state index in [0.717, 1.165) is 66.5 Å². The molecular weight excluding hydrogens is 611 g/mol. The van der Waals surface area contributed by atoms with Crippen molar-refractivity contribution in [1.29, 1.82) is 5.26 Å². The van der Waals surface area contributed by atoms with Gasteiger partial charge in [-0.15, -0.1) is 0 Å². The Kier molecular flexibility index (Phi) is 6.56. The minimum atomic E-state index is 0.507. The molecule has 0 fully saturated rings. The first-order valence-corrected chi connectivity index (χ1v) is 16.2. The number of hydrogen-bond acceptors (Lipinski definition) is 1. The Balaban J connectivity index is 1.32. The van der Waals surface area contributed by atoms with Crippen molar-refractivity contribution in [1.82, 2.24) is 9.13 Å². The molecule has 0 radical (unpaired) electrons. The van der Waals surface area contributed by atoms with Gasteiger partial charge in [-0.3, -0.25) is 0 Å². The van der Waals surface area contributed by atoms with Crippen molar-refractivity contribution in [2.24, 2.45) is 0 Å². The summed E-state index contributed by atoms with van der Waals surface area (Å²) < 4.78 is 4.48. The van der Waals surface area contributed by atoms with Crippen LogP contribution in [0.5, 0.6) is 0 Å². The minimum absolute atomic E-state index is 0.507. The van der Waals surface area contributed by atoms with Gasteiger partial charge in [-0.2, -0.15) is 5.26 Å². The van der Waals surface area contributed by atoms with E-state index in [1.807, 2.05) is 66.7 Å². The Bertz CT molecular complexity index is 2920. The standard InChI is InChI=1S/C45H25N5/c1-47-31-20-21-34(39(27-31)37-13-5-10-18-44(37)50-42-16-8-3-11-35(42)36-12-4-9-17-43(36)50)30-24-32(48-2)26-33(25-30)49-41-15-7-6-14-38(41)40-23-29(28-46)19-22-45(40)49/h3-27H. The normalized spacial score (nSPS) is 11.1. The number of para-hydroxylation sites is 4. The van der Waals surface area contributed by atoms with Crippen molar-refractivity contribution in [3.8, 4) is 39.7 Å². The second-order valence-corrected chi connectivity index (χ2v) is 12.3. The van der Waals surface area contributed by atoms with Crippen LogP contribution in [0.4, 0.5) is 11.4 Å². The molecule has 0 bridgehead atoms. The first kappa shape index (κ1) is 28.8. The quantitative estimate of drug-likeness (QED) is 0.177. The second kappa shape index (κ2) is 11.4. The van der Waals surface area contributed by atoms with Crippen LogP contribution in [0.1, 0.15) is 5.56 Å². The summed E-state index contributed by atoms with van der Waals surface area (Å²) in [5, 5.41) is 14.0. The maximum atomic E-state index is 9.66. The van der Waals surface area contributed by atoms with Gasteiger partial charge in [0, 0.05) is 32.8 Å². The van der Waals surface area contributed by atoms with Crippen LogP contribution in [0.15, 0.2) is 152 Å². The van der Waals surface area contributed by atoms with Gasteiger partial charge >= 0.3 is 0 Å². The van der Waals surface area contributed by atoms with Crippen LogP contribution in [0.2, 0.25) is 0 Å². The molecule has 0 N–H and O–H groups in total. The van der Waals surface area contributed by atoms with Gasteiger partial charge in [-0.05, 0) is 83.4 Å². The molecule has 9 rings (SSSR count). The van der Waals surface area contributed by atoms with Crippen LogP contribution in [0.3, 0.4) is 0 Å². The summed E-state index contributed by atoms with van der Waals surface area (Å²) in [4.78, 5) is 7.74. The Morgan fingerprint density at radius 1 is 0.460 bits per heavy atom. The highest BCUT2D eigenvalue weighted by molar-refractivity contribution is 6.11. The van der Waals surface area contributed by atoms with Gasteiger partial charge in [0.2, 0.25) is 0 Å². The van der Waals surface area contributed by atoms with Gasteiger partial charge in [-0.25, -0.2) is 9.69 Å². The second-order valence-electron chi connectivity index (χ2n) is 12.3. The predicted octanol–water partition coefficient (Wildman–Crippen LogP) is 12.2. The number of fused-ring (bicyclic) bond motifs is 6. The van der Waals surface area contributed by atoms with Gasteiger partial charge in [0.1, 0.15) is 0 Å². The number of nitrogens with zero attached hydrogens (tertiary/aromatic N) is 5. The van der Waals surface area contributed by atoms with E-state index in [1.165, 1.54) is 10.8 Å². The summed E-state index contributed by atoms with van der Waals surface area (Å²) >= 11 is 0. The average molecular weight is 636 g/mol. The molecule has 5 heteroatoms. The molecule has 0 amide bonds. The summed E-state index contributed by atoms with van der Waals surface area (Å²) in [6.07, 6.45) is 0. The van der Waals surface area contributed by atoms with Crippen molar-refractivity contribution in [3.63, 3.8) is 0 Å². The number of rotatable bonds is 4. The lowest BCUT2D eigenvalue weighted by molar-refractivity contribution is 1.18. The lowest BCUT2D eigenvalue weighted by Crippen LogP contribution is -1.98. The monoisotopic (exact) mass is 635 g/mol. The zero-order chi connectivity index (χ0) is 33.8. The average Bonchev–Trinajstić information content (AvgIpc) is 3.70. The van der Waals surface area contributed by atoms with Crippen LogP contribution in [0, 0.1) is 24.5 Å². The Morgan fingerprint density at radius 2 is 1.06 bits per heavy atom. The summed E-state index contributed by atoms with van der Waals surface area (Å²) in [5.74, 6) is 0. The molecule has 0 saturated heterocycles. The molecule has 0 aliphatic heterocycles. The molecule has 2 aromatic heterocycles. The number of benzene rings is 7. The van der Waals surface area contributed by atoms with E-state index in [4.69, 9.17) is 13.1 Å². The maximum Gasteiger partial charge on any atom is 0.189 e. The molecule has 0 spiro atoms. The highest BCUT2D eigenvalue weighted by Gasteiger charge is 2.19. The zero-order valence-electron chi connectivity index (χ0n) is 26.7. The van der Waals surface area contributed by atoms with E-state index >= 15 is 0 Å². The molecule has 9 aromatic rings. The van der Waals surface area contributed by atoms with Crippen LogP contribution in [0.25, 0.3) is 86.9 Å². The largest absolute Gasteiger partial charge is 0.310 e. The minimum Gasteiger partial charge on any atom is -0.310 e. The molecule has 0 aliphatic rings. The van der Waals surface area contributed by atoms with Gasteiger partial charge in [0.05, 0.1) is 52.5 Å². The third-order valence-corrected chi connectivity index (χ3v) is 9.55. The van der Waals surface area contributed by atoms with Gasteiger partial charge < -0.3 is 9.13 Å². The third kappa shape index (κ3) is 4.38. The molecule has 0 saturated carbocycles. The molecule has 2 heterocycles. The van der Waals surface area contributed by atoms with Gasteiger partial charge in [0.25, 0.3) is 0 Å². The number of aromatic nitrogens is 2. The molecule has 0 aliphatic carbocycles. The summed E-state index contributed by atoms with van der Waals surface area (Å²) in [5.41, 5.74) is 11.3. The molecular formula is C45H25N5. The fourth-order valence-electron chi connectivity index (χ4n) is 7.42. The Morgan fingerprint density at radius 3 is 1.74 bits per heavy atom. The fourth-order valence-corrected chi connectivity index (χ4v) is 7.42. The molecule has 0 atom stereocenters. The molecule has 230 valence electrons. The lowest BCUT2D eigenvalue weighted by Gasteiger charge is -2.18. The summed E-state index contributed by atoms with van der Waals surface area (Å²) in [6.45, 7) is 16.0. The van der Waals surface area contributed by atoms with Crippen molar-refractivity contribution in [2.45, 2.75) is 0 Å². The fraction of sp³-hybridized carbons (Fsp3) is 0. The Labute approximate surface area is 288 Å². The topological polar surface area (TPSA) is 42.4 Å². The van der Waals surface area contributed by atoms with Crippen LogP contribution in [-0.2, 0) is 0 Å². The zero-order valence-corrected chi connectivity index (χ0v) is 26.7. The van der Waals surface area contributed by atoms with Crippen molar-refractivity contribution in [2.75, 3.05) is 0 Å². The number of hydrogen-bond donors (Lipinski definition) is 0. The Hall–Kier alpha value is -7.39. The molecule has 5 nitrogen and oxygen atoms in total. The van der Waals surface area contributed by atoms with Crippen molar-refractivity contribution >= 4 is 55.0 Å². The first-order chi connectivity index (χ1) is 24.7. The van der Waals surface area contributed by atoms with Crippen molar-refractivity contribution < 1.29 is 0 Å². The van der Waals surface area contributed by atoms with E-state index in [-0.39, 0.29) is 0 Å². The molecule has 50 heavy (non-hydrogen) atoms. The van der Waals surface area contributed by atoms with Crippen LogP contribution >= 0.6 is 0 Å². The molecule has 7 aromatic carbocycles. The van der Waals surface area contributed by atoms with Crippen LogP contribution in [-0.4, -0.2) is 9.13 Å². The smallest absolute Gasteiger partial charge is 0.189 e. The van der Waals surface area contributed by atoms with Gasteiger partial charge in [-0.1, -0.05) is 84.9 Å². The van der Waals surface area contributed by atoms with Crippen LogP contribution < -0.4 is 0 Å². The molecule has 0 unspecified atom stereocenters. The van der Waals surface area contributed by atoms with Gasteiger partial charge in [0.15, 0.2) is 11.4 Å². The number of nitriles is 1. The SMILES string of the molecule is [C-]#[N+]c1cc(-c2ccc([N+]#[C-])cc2-c2ccccc2-n2c3ccccc3c3ccccc32)cc(-n2c3ccccc3c3cc(C#N)ccc32)c1.